The molecule has 1 fully saturated rings. The van der Waals surface area contributed by atoms with Crippen LogP contribution in [0, 0.1) is 11.8 Å². The monoisotopic (exact) mass is 235 g/mol. The van der Waals surface area contributed by atoms with Crippen molar-refractivity contribution in [2.75, 3.05) is 31.6 Å². The van der Waals surface area contributed by atoms with Gasteiger partial charge in [-0.2, -0.15) is 0 Å². The maximum atomic E-state index is 10.9. The molecule has 0 aromatic heterocycles. The first kappa shape index (κ1) is 12.4. The van der Waals surface area contributed by atoms with Crippen molar-refractivity contribution < 1.29 is 18.3 Å². The van der Waals surface area contributed by atoms with Crippen molar-refractivity contribution in [3.8, 4) is 0 Å². The number of hydrogen-bond donors (Lipinski definition) is 1. The van der Waals surface area contributed by atoms with Crippen LogP contribution in [-0.4, -0.2) is 56.0 Å². The fraction of sp³-hybridized carbons (Fsp3) is 0.889. The molecule has 0 spiro atoms. The Hall–Kier alpha value is -0.620. The average molecular weight is 235 g/mol. The van der Waals surface area contributed by atoms with Crippen molar-refractivity contribution in [3.05, 3.63) is 0 Å². The summed E-state index contributed by atoms with van der Waals surface area (Å²) in [7, 11) is -2.91. The van der Waals surface area contributed by atoms with Gasteiger partial charge >= 0.3 is 5.97 Å². The van der Waals surface area contributed by atoms with E-state index in [1.54, 1.807) is 6.92 Å². The number of sulfone groups is 1. The average Bonchev–Trinajstić information content (AvgIpc) is 1.98. The van der Waals surface area contributed by atoms with E-state index in [-0.39, 0.29) is 17.6 Å². The molecule has 1 atom stereocenters. The van der Waals surface area contributed by atoms with Crippen LogP contribution < -0.4 is 0 Å². The SMILES string of the molecule is CC(C(=O)O)C1CN(CCS(C)(=O)=O)C1. The molecular formula is C9H17NO4S. The van der Waals surface area contributed by atoms with E-state index in [9.17, 15) is 13.2 Å². The summed E-state index contributed by atoms with van der Waals surface area (Å²) < 4.78 is 21.8. The standard InChI is InChI=1S/C9H17NO4S/c1-7(9(11)12)8-5-10(6-8)3-4-15(2,13)14/h7-8H,3-6H2,1-2H3,(H,11,12). The highest BCUT2D eigenvalue weighted by molar-refractivity contribution is 7.90. The minimum Gasteiger partial charge on any atom is -0.481 e. The summed E-state index contributed by atoms with van der Waals surface area (Å²) in [6.45, 7) is 3.61. The molecular weight excluding hydrogens is 218 g/mol. The molecule has 0 amide bonds. The first-order valence-electron chi connectivity index (χ1n) is 4.92. The summed E-state index contributed by atoms with van der Waals surface area (Å²) in [5, 5.41) is 8.75. The van der Waals surface area contributed by atoms with E-state index < -0.39 is 15.8 Å². The predicted octanol–water partition coefficient (Wildman–Crippen LogP) is -0.316. The van der Waals surface area contributed by atoms with Gasteiger partial charge in [-0.25, -0.2) is 8.42 Å². The maximum Gasteiger partial charge on any atom is 0.306 e. The minimum absolute atomic E-state index is 0.154. The van der Waals surface area contributed by atoms with Crippen LogP contribution in [0.15, 0.2) is 0 Å². The van der Waals surface area contributed by atoms with Crippen LogP contribution in [0.1, 0.15) is 6.92 Å². The van der Waals surface area contributed by atoms with Gasteiger partial charge in [-0.05, 0) is 5.92 Å². The molecule has 1 saturated heterocycles. The molecule has 5 nitrogen and oxygen atoms in total. The Morgan fingerprint density at radius 2 is 2.07 bits per heavy atom. The van der Waals surface area contributed by atoms with Crippen molar-refractivity contribution in [2.24, 2.45) is 11.8 Å². The first-order valence-corrected chi connectivity index (χ1v) is 6.98. The van der Waals surface area contributed by atoms with Crippen LogP contribution in [0.2, 0.25) is 0 Å². The Morgan fingerprint density at radius 3 is 2.47 bits per heavy atom. The molecule has 0 saturated carbocycles. The van der Waals surface area contributed by atoms with E-state index in [4.69, 9.17) is 5.11 Å². The number of nitrogens with zero attached hydrogens (tertiary/aromatic N) is 1. The molecule has 15 heavy (non-hydrogen) atoms. The molecule has 1 aliphatic rings. The van der Waals surface area contributed by atoms with Gasteiger partial charge in [0.1, 0.15) is 9.84 Å². The fourth-order valence-electron chi connectivity index (χ4n) is 1.61. The van der Waals surface area contributed by atoms with Crippen LogP contribution in [0.5, 0.6) is 0 Å². The highest BCUT2D eigenvalue weighted by atomic mass is 32.2. The number of rotatable bonds is 5. The number of carboxylic acids is 1. The van der Waals surface area contributed by atoms with Crippen molar-refractivity contribution in [1.29, 1.82) is 0 Å². The van der Waals surface area contributed by atoms with Gasteiger partial charge in [-0.15, -0.1) is 0 Å². The molecule has 1 N–H and O–H groups in total. The van der Waals surface area contributed by atoms with Crippen LogP contribution >= 0.6 is 0 Å². The molecule has 0 aromatic rings. The van der Waals surface area contributed by atoms with Gasteiger partial charge in [0.05, 0.1) is 11.7 Å². The van der Waals surface area contributed by atoms with Crippen molar-refractivity contribution in [2.45, 2.75) is 6.92 Å². The number of likely N-dealkylation sites (tertiary alicyclic amines) is 1. The Balaban J connectivity index is 2.24. The number of carbonyl (C=O) groups is 1. The van der Waals surface area contributed by atoms with E-state index in [1.807, 2.05) is 4.90 Å². The summed E-state index contributed by atoms with van der Waals surface area (Å²) in [6, 6.07) is 0. The van der Waals surface area contributed by atoms with Gasteiger partial charge in [-0.3, -0.25) is 4.79 Å². The Kier molecular flexibility index (Phi) is 3.72. The molecule has 6 heteroatoms. The van der Waals surface area contributed by atoms with E-state index in [0.29, 0.717) is 19.6 Å². The molecule has 1 aliphatic heterocycles. The largest absolute Gasteiger partial charge is 0.481 e. The van der Waals surface area contributed by atoms with E-state index >= 15 is 0 Å². The third kappa shape index (κ3) is 3.79. The predicted molar refractivity (Wildman–Crippen MR) is 56.4 cm³/mol. The Morgan fingerprint density at radius 1 is 1.53 bits per heavy atom. The zero-order valence-corrected chi connectivity index (χ0v) is 9.83. The number of carboxylic acid groups (broad SMARTS) is 1. The van der Waals surface area contributed by atoms with Crippen LogP contribution in [0.25, 0.3) is 0 Å². The first-order chi connectivity index (χ1) is 6.79. The molecule has 0 aromatic carbocycles. The van der Waals surface area contributed by atoms with Gasteiger partial charge in [0.2, 0.25) is 0 Å². The number of aliphatic carboxylic acids is 1. The second kappa shape index (κ2) is 4.49. The smallest absolute Gasteiger partial charge is 0.306 e. The summed E-state index contributed by atoms with van der Waals surface area (Å²) in [5.74, 6) is -0.787. The van der Waals surface area contributed by atoms with E-state index in [1.165, 1.54) is 6.26 Å². The molecule has 1 heterocycles. The minimum atomic E-state index is -2.91. The molecule has 88 valence electrons. The van der Waals surface area contributed by atoms with Crippen molar-refractivity contribution in [1.82, 2.24) is 4.90 Å². The second-order valence-corrected chi connectivity index (χ2v) is 6.54. The zero-order chi connectivity index (χ0) is 11.6. The normalized spacial score (nSPS) is 20.9. The lowest BCUT2D eigenvalue weighted by atomic mass is 9.87. The highest BCUT2D eigenvalue weighted by Crippen LogP contribution is 2.23. The van der Waals surface area contributed by atoms with Gasteiger partial charge < -0.3 is 10.0 Å². The summed E-state index contributed by atoms with van der Waals surface area (Å²) in [4.78, 5) is 12.6. The van der Waals surface area contributed by atoms with Crippen molar-refractivity contribution in [3.63, 3.8) is 0 Å². The Labute approximate surface area is 90.0 Å². The maximum absolute atomic E-state index is 10.9. The van der Waals surface area contributed by atoms with Crippen molar-refractivity contribution >= 4 is 15.8 Å². The lowest BCUT2D eigenvalue weighted by Gasteiger charge is -2.41. The lowest BCUT2D eigenvalue weighted by Crippen LogP contribution is -2.52. The van der Waals surface area contributed by atoms with Crippen LogP contribution in [0.4, 0.5) is 0 Å². The topological polar surface area (TPSA) is 74.7 Å². The quantitative estimate of drug-likeness (QED) is 0.707. The summed E-state index contributed by atoms with van der Waals surface area (Å²) >= 11 is 0. The molecule has 1 rings (SSSR count). The fourth-order valence-corrected chi connectivity index (χ4v) is 2.20. The van der Waals surface area contributed by atoms with Crippen LogP contribution in [0.3, 0.4) is 0 Å². The number of hydrogen-bond acceptors (Lipinski definition) is 4. The summed E-state index contributed by atoms with van der Waals surface area (Å²) in [5.41, 5.74) is 0. The third-order valence-electron chi connectivity index (χ3n) is 2.86. The van der Waals surface area contributed by atoms with E-state index in [2.05, 4.69) is 0 Å². The zero-order valence-electron chi connectivity index (χ0n) is 9.01. The van der Waals surface area contributed by atoms with Gasteiger partial charge in [0, 0.05) is 25.9 Å². The molecule has 0 radical (unpaired) electrons. The Bertz CT molecular complexity index is 332. The molecule has 1 unspecified atom stereocenters. The van der Waals surface area contributed by atoms with Gasteiger partial charge in [0.15, 0.2) is 0 Å². The van der Waals surface area contributed by atoms with Gasteiger partial charge in [0.25, 0.3) is 0 Å². The summed E-state index contributed by atoms with van der Waals surface area (Å²) in [6.07, 6.45) is 1.21. The van der Waals surface area contributed by atoms with E-state index in [0.717, 1.165) is 0 Å². The van der Waals surface area contributed by atoms with Gasteiger partial charge in [-0.1, -0.05) is 6.92 Å². The third-order valence-corrected chi connectivity index (χ3v) is 3.78. The molecule has 0 aliphatic carbocycles. The highest BCUT2D eigenvalue weighted by Gasteiger charge is 2.34. The lowest BCUT2D eigenvalue weighted by molar-refractivity contribution is -0.145. The van der Waals surface area contributed by atoms with Crippen LogP contribution in [-0.2, 0) is 14.6 Å². The second-order valence-electron chi connectivity index (χ2n) is 4.28. The molecule has 0 bridgehead atoms.